The van der Waals surface area contributed by atoms with Gasteiger partial charge in [-0.05, 0) is 31.0 Å². The number of aryl methyl sites for hydroxylation is 1. The molecule has 0 aromatic heterocycles. The third kappa shape index (κ3) is 4.40. The number of amides is 1. The van der Waals surface area contributed by atoms with E-state index in [1.54, 1.807) is 0 Å². The predicted molar refractivity (Wildman–Crippen MR) is 103 cm³/mol. The van der Waals surface area contributed by atoms with Gasteiger partial charge >= 0.3 is 0 Å². The highest BCUT2D eigenvalue weighted by Crippen LogP contribution is 2.21. The molecule has 132 valence electrons. The van der Waals surface area contributed by atoms with Gasteiger partial charge in [0.2, 0.25) is 5.91 Å². The largest absolute Gasteiger partial charge is 0.369 e. The minimum atomic E-state index is -0.0947. The maximum atomic E-state index is 12.5. The molecular formula is C21H27N3O. The topological polar surface area (TPSA) is 35.6 Å². The average molecular weight is 337 g/mol. The summed E-state index contributed by atoms with van der Waals surface area (Å²) >= 11 is 0. The molecule has 4 heteroatoms. The van der Waals surface area contributed by atoms with Gasteiger partial charge < -0.3 is 10.2 Å². The van der Waals surface area contributed by atoms with Gasteiger partial charge in [0.05, 0.1) is 6.04 Å². The Kier molecular flexibility index (Phi) is 5.71. The van der Waals surface area contributed by atoms with Crippen molar-refractivity contribution in [3.8, 4) is 0 Å². The lowest BCUT2D eigenvalue weighted by molar-refractivity contribution is -0.126. The normalized spacial score (nSPS) is 16.5. The Labute approximate surface area is 150 Å². The molecule has 1 heterocycles. The molecule has 2 aromatic rings. The van der Waals surface area contributed by atoms with E-state index in [0.717, 1.165) is 31.7 Å². The van der Waals surface area contributed by atoms with Crippen LogP contribution in [-0.2, 0) is 11.3 Å². The summed E-state index contributed by atoms with van der Waals surface area (Å²) in [6.45, 7) is 8.49. The van der Waals surface area contributed by atoms with E-state index in [0.29, 0.717) is 6.54 Å². The van der Waals surface area contributed by atoms with Crippen LogP contribution in [0.2, 0.25) is 0 Å². The van der Waals surface area contributed by atoms with Crippen molar-refractivity contribution < 1.29 is 4.79 Å². The Balaban J connectivity index is 1.50. The van der Waals surface area contributed by atoms with Crippen LogP contribution in [-0.4, -0.2) is 43.0 Å². The van der Waals surface area contributed by atoms with Crippen LogP contribution in [0.3, 0.4) is 0 Å². The zero-order valence-corrected chi connectivity index (χ0v) is 15.1. The van der Waals surface area contributed by atoms with Crippen LogP contribution in [0.25, 0.3) is 0 Å². The van der Waals surface area contributed by atoms with Gasteiger partial charge in [0.1, 0.15) is 0 Å². The van der Waals surface area contributed by atoms with Crippen LogP contribution in [0, 0.1) is 6.92 Å². The van der Waals surface area contributed by atoms with Crippen molar-refractivity contribution in [1.29, 1.82) is 0 Å². The molecule has 1 saturated heterocycles. The van der Waals surface area contributed by atoms with E-state index in [9.17, 15) is 4.79 Å². The monoisotopic (exact) mass is 337 g/mol. The molecule has 1 aliphatic heterocycles. The van der Waals surface area contributed by atoms with Gasteiger partial charge in [0.15, 0.2) is 0 Å². The first kappa shape index (κ1) is 17.5. The highest BCUT2D eigenvalue weighted by Gasteiger charge is 2.25. The molecule has 0 unspecified atom stereocenters. The van der Waals surface area contributed by atoms with Gasteiger partial charge in [0, 0.05) is 38.4 Å². The number of rotatable bonds is 5. The van der Waals surface area contributed by atoms with Gasteiger partial charge in [-0.2, -0.15) is 0 Å². The molecule has 0 saturated carbocycles. The summed E-state index contributed by atoms with van der Waals surface area (Å²) in [5.41, 5.74) is 3.75. The van der Waals surface area contributed by atoms with E-state index < -0.39 is 0 Å². The smallest absolute Gasteiger partial charge is 0.237 e. The fourth-order valence-electron chi connectivity index (χ4n) is 3.37. The van der Waals surface area contributed by atoms with Crippen molar-refractivity contribution >= 4 is 11.6 Å². The number of hydrogen-bond donors (Lipinski definition) is 1. The first-order valence-corrected chi connectivity index (χ1v) is 9.01. The number of carbonyl (C=O) groups is 1. The molecule has 1 atom stereocenters. The van der Waals surface area contributed by atoms with Crippen LogP contribution in [0.15, 0.2) is 54.6 Å². The second-order valence-electron chi connectivity index (χ2n) is 6.69. The lowest BCUT2D eigenvalue weighted by atomic mass is 10.1. The van der Waals surface area contributed by atoms with Gasteiger partial charge in [0.25, 0.3) is 0 Å². The number of para-hydroxylation sites is 1. The lowest BCUT2D eigenvalue weighted by Gasteiger charge is -2.39. The number of hydrogen-bond acceptors (Lipinski definition) is 3. The standard InChI is InChI=1S/C21H27N3O/c1-17-8-6-7-11-20(17)24-14-12-23(13-15-24)18(2)21(25)22-16-19-9-4-3-5-10-19/h3-11,18H,12-16H2,1-2H3,(H,22,25)/t18-/m1/s1. The highest BCUT2D eigenvalue weighted by atomic mass is 16.2. The first-order valence-electron chi connectivity index (χ1n) is 9.01. The highest BCUT2D eigenvalue weighted by molar-refractivity contribution is 5.81. The SMILES string of the molecule is Cc1ccccc1N1CCN([C@H](C)C(=O)NCc2ccccc2)CC1. The molecule has 4 nitrogen and oxygen atoms in total. The molecule has 0 bridgehead atoms. The minimum Gasteiger partial charge on any atom is -0.369 e. The molecule has 0 radical (unpaired) electrons. The van der Waals surface area contributed by atoms with Crippen molar-refractivity contribution in [3.63, 3.8) is 0 Å². The van der Waals surface area contributed by atoms with Gasteiger partial charge in [-0.1, -0.05) is 48.5 Å². The molecule has 3 rings (SSSR count). The number of nitrogens with zero attached hydrogens (tertiary/aromatic N) is 2. The van der Waals surface area contributed by atoms with E-state index in [-0.39, 0.29) is 11.9 Å². The summed E-state index contributed by atoms with van der Waals surface area (Å²) in [6, 6.07) is 18.5. The van der Waals surface area contributed by atoms with Crippen LogP contribution in [0.5, 0.6) is 0 Å². The van der Waals surface area contributed by atoms with Gasteiger partial charge in [-0.3, -0.25) is 9.69 Å². The quantitative estimate of drug-likeness (QED) is 0.911. The molecule has 1 fully saturated rings. The van der Waals surface area contributed by atoms with Gasteiger partial charge in [-0.25, -0.2) is 0 Å². The molecular weight excluding hydrogens is 310 g/mol. The van der Waals surface area contributed by atoms with Crippen molar-refractivity contribution in [2.24, 2.45) is 0 Å². The van der Waals surface area contributed by atoms with Crippen LogP contribution in [0.4, 0.5) is 5.69 Å². The fraction of sp³-hybridized carbons (Fsp3) is 0.381. The first-order chi connectivity index (χ1) is 12.1. The summed E-state index contributed by atoms with van der Waals surface area (Å²) in [7, 11) is 0. The Morgan fingerprint density at radius 3 is 2.32 bits per heavy atom. The van der Waals surface area contributed by atoms with Crippen molar-refractivity contribution in [1.82, 2.24) is 10.2 Å². The van der Waals surface area contributed by atoms with E-state index in [1.165, 1.54) is 11.3 Å². The summed E-state index contributed by atoms with van der Waals surface area (Å²) < 4.78 is 0. The Bertz CT molecular complexity index is 693. The molecule has 1 N–H and O–H groups in total. The van der Waals surface area contributed by atoms with Crippen LogP contribution < -0.4 is 10.2 Å². The third-order valence-electron chi connectivity index (χ3n) is 5.01. The number of anilines is 1. The van der Waals surface area contributed by atoms with Crippen LogP contribution in [0.1, 0.15) is 18.1 Å². The Morgan fingerprint density at radius 1 is 1.00 bits per heavy atom. The van der Waals surface area contributed by atoms with Crippen molar-refractivity contribution in [2.75, 3.05) is 31.1 Å². The van der Waals surface area contributed by atoms with Crippen molar-refractivity contribution in [3.05, 3.63) is 65.7 Å². The van der Waals surface area contributed by atoms with Crippen molar-refractivity contribution in [2.45, 2.75) is 26.4 Å². The molecule has 1 aliphatic rings. The van der Waals surface area contributed by atoms with E-state index in [1.807, 2.05) is 37.3 Å². The molecule has 0 spiro atoms. The molecule has 25 heavy (non-hydrogen) atoms. The van der Waals surface area contributed by atoms with E-state index >= 15 is 0 Å². The maximum Gasteiger partial charge on any atom is 0.237 e. The summed E-state index contributed by atoms with van der Waals surface area (Å²) in [5.74, 6) is 0.105. The van der Waals surface area contributed by atoms with Gasteiger partial charge in [-0.15, -0.1) is 0 Å². The number of nitrogens with one attached hydrogen (secondary N) is 1. The predicted octanol–water partition coefficient (Wildman–Crippen LogP) is 2.82. The molecule has 2 aromatic carbocycles. The van der Waals surface area contributed by atoms with E-state index in [4.69, 9.17) is 0 Å². The lowest BCUT2D eigenvalue weighted by Crippen LogP contribution is -2.54. The maximum absolute atomic E-state index is 12.5. The Morgan fingerprint density at radius 2 is 1.64 bits per heavy atom. The number of carbonyl (C=O) groups excluding carboxylic acids is 1. The zero-order valence-electron chi connectivity index (χ0n) is 15.1. The Hall–Kier alpha value is -2.33. The van der Waals surface area contributed by atoms with Crippen LogP contribution >= 0.6 is 0 Å². The molecule has 1 amide bonds. The fourth-order valence-corrected chi connectivity index (χ4v) is 3.37. The summed E-state index contributed by atoms with van der Waals surface area (Å²) in [6.07, 6.45) is 0. The second-order valence-corrected chi connectivity index (χ2v) is 6.69. The second kappa shape index (κ2) is 8.17. The minimum absolute atomic E-state index is 0.0947. The number of benzene rings is 2. The molecule has 0 aliphatic carbocycles. The zero-order chi connectivity index (χ0) is 17.6. The average Bonchev–Trinajstić information content (AvgIpc) is 2.67. The van der Waals surface area contributed by atoms with E-state index in [2.05, 4.69) is 46.3 Å². The number of piperazine rings is 1. The third-order valence-corrected chi connectivity index (χ3v) is 5.01. The summed E-state index contributed by atoms with van der Waals surface area (Å²) in [5, 5.41) is 3.05. The summed E-state index contributed by atoms with van der Waals surface area (Å²) in [4.78, 5) is 17.1.